The number of nitrogens with one attached hydrogen (secondary N) is 1. The van der Waals surface area contributed by atoms with Gasteiger partial charge in [0.2, 0.25) is 0 Å². The Morgan fingerprint density at radius 1 is 1.11 bits per heavy atom. The molecule has 0 aliphatic carbocycles. The molecule has 0 saturated heterocycles. The summed E-state index contributed by atoms with van der Waals surface area (Å²) >= 11 is 0. The van der Waals surface area contributed by atoms with Crippen LogP contribution in [0.15, 0.2) is 53.4 Å². The third-order valence-electron chi connectivity index (χ3n) is 3.26. The Morgan fingerprint density at radius 2 is 1.74 bits per heavy atom. The van der Waals surface area contributed by atoms with Crippen LogP contribution in [-0.4, -0.2) is 14.3 Å². The summed E-state index contributed by atoms with van der Waals surface area (Å²) in [6.45, 7) is 0. The predicted octanol–water partition coefficient (Wildman–Crippen LogP) is 3.23. The number of nitriles is 1. The Labute approximate surface area is 151 Å². The molecule has 0 heterocycles. The topological polar surface area (TPSA) is 87.0 Å². The highest BCUT2D eigenvalue weighted by Crippen LogP contribution is 2.33. The van der Waals surface area contributed by atoms with Crippen LogP contribution in [-0.2, 0) is 21.0 Å². The fourth-order valence-corrected chi connectivity index (χ4v) is 2.96. The predicted molar refractivity (Wildman–Crippen MR) is 86.9 cm³/mol. The first kappa shape index (κ1) is 20.1. The van der Waals surface area contributed by atoms with Crippen molar-refractivity contribution in [3.05, 3.63) is 71.0 Å². The van der Waals surface area contributed by atoms with E-state index in [1.807, 2.05) is 0 Å². The molecule has 0 aromatic heterocycles. The lowest BCUT2D eigenvalue weighted by Crippen LogP contribution is -2.29. The van der Waals surface area contributed by atoms with Crippen molar-refractivity contribution < 1.29 is 30.8 Å². The molecular weight excluding hydrogens is 388 g/mol. The van der Waals surface area contributed by atoms with Crippen molar-refractivity contribution in [2.75, 3.05) is 0 Å². The quantitative estimate of drug-likeness (QED) is 0.633. The van der Waals surface area contributed by atoms with Gasteiger partial charge in [-0.05, 0) is 42.0 Å². The first-order valence-corrected chi connectivity index (χ1v) is 8.63. The SMILES string of the molecule is N#Cc1ccc(S(=O)(=O)NC(=O)/C=C/c2ccc(F)cc2)cc1C(F)(F)F. The molecule has 2 rings (SSSR count). The number of carbonyl (C=O) groups excluding carboxylic acids is 1. The van der Waals surface area contributed by atoms with Gasteiger partial charge in [-0.1, -0.05) is 12.1 Å². The van der Waals surface area contributed by atoms with E-state index in [1.165, 1.54) is 24.3 Å². The van der Waals surface area contributed by atoms with Crippen molar-refractivity contribution in [3.63, 3.8) is 0 Å². The maximum atomic E-state index is 12.9. The standard InChI is InChI=1S/C17H10F4N2O3S/c18-13-5-1-11(2-6-13)3-8-16(24)23-27(25,26)14-7-4-12(10-22)15(9-14)17(19,20)21/h1-9H,(H,23,24)/b8-3+. The van der Waals surface area contributed by atoms with Crippen molar-refractivity contribution in [2.24, 2.45) is 0 Å². The summed E-state index contributed by atoms with van der Waals surface area (Å²) in [5, 5.41) is 8.71. The third kappa shape index (κ3) is 5.15. The molecule has 0 fully saturated rings. The van der Waals surface area contributed by atoms with Gasteiger partial charge in [-0.2, -0.15) is 18.4 Å². The van der Waals surface area contributed by atoms with Gasteiger partial charge in [-0.25, -0.2) is 17.5 Å². The Balaban J connectivity index is 2.24. The van der Waals surface area contributed by atoms with Crippen molar-refractivity contribution in [2.45, 2.75) is 11.1 Å². The van der Waals surface area contributed by atoms with Crippen LogP contribution in [0, 0.1) is 17.1 Å². The summed E-state index contributed by atoms with van der Waals surface area (Å²) in [4.78, 5) is 10.9. The largest absolute Gasteiger partial charge is 0.417 e. The molecule has 5 nitrogen and oxygen atoms in total. The van der Waals surface area contributed by atoms with E-state index in [0.717, 1.165) is 24.3 Å². The minimum absolute atomic E-state index is 0.276. The van der Waals surface area contributed by atoms with Crippen LogP contribution >= 0.6 is 0 Å². The molecule has 0 spiro atoms. The first-order chi connectivity index (χ1) is 12.5. The summed E-state index contributed by atoms with van der Waals surface area (Å²) in [6, 6.07) is 8.02. The first-order valence-electron chi connectivity index (χ1n) is 7.15. The van der Waals surface area contributed by atoms with Crippen LogP contribution in [0.25, 0.3) is 6.08 Å². The summed E-state index contributed by atoms with van der Waals surface area (Å²) in [5.41, 5.74) is -1.77. The van der Waals surface area contributed by atoms with Gasteiger partial charge >= 0.3 is 6.18 Å². The number of benzene rings is 2. The molecule has 140 valence electrons. The van der Waals surface area contributed by atoms with E-state index in [1.54, 1.807) is 4.72 Å². The number of sulfonamides is 1. The number of halogens is 4. The maximum Gasteiger partial charge on any atom is 0.417 e. The number of hydrogen-bond acceptors (Lipinski definition) is 4. The molecule has 1 N–H and O–H groups in total. The van der Waals surface area contributed by atoms with E-state index in [2.05, 4.69) is 0 Å². The Hall–Kier alpha value is -3.19. The molecule has 0 saturated carbocycles. The summed E-state index contributed by atoms with van der Waals surface area (Å²) in [6.07, 6.45) is -2.91. The Morgan fingerprint density at radius 3 is 2.30 bits per heavy atom. The minimum atomic E-state index is -4.94. The van der Waals surface area contributed by atoms with Gasteiger partial charge in [0.25, 0.3) is 15.9 Å². The molecule has 2 aromatic carbocycles. The highest BCUT2D eigenvalue weighted by atomic mass is 32.2. The van der Waals surface area contributed by atoms with Crippen molar-refractivity contribution >= 4 is 22.0 Å². The number of rotatable bonds is 4. The van der Waals surface area contributed by atoms with E-state index >= 15 is 0 Å². The van der Waals surface area contributed by atoms with Crippen molar-refractivity contribution in [1.82, 2.24) is 4.72 Å². The lowest BCUT2D eigenvalue weighted by Gasteiger charge is -2.11. The van der Waals surface area contributed by atoms with Crippen LogP contribution < -0.4 is 4.72 Å². The summed E-state index contributed by atoms with van der Waals surface area (Å²) in [5.74, 6) is -1.61. The van der Waals surface area contributed by atoms with Crippen molar-refractivity contribution in [3.8, 4) is 6.07 Å². The number of alkyl halides is 3. The second kappa shape index (κ2) is 7.59. The van der Waals surface area contributed by atoms with E-state index in [0.29, 0.717) is 11.6 Å². The molecule has 0 bridgehead atoms. The molecule has 0 atom stereocenters. The van der Waals surface area contributed by atoms with Crippen LogP contribution in [0.1, 0.15) is 16.7 Å². The normalized spacial score (nSPS) is 12.0. The number of nitrogens with zero attached hydrogens (tertiary/aromatic N) is 1. The third-order valence-corrected chi connectivity index (χ3v) is 4.60. The maximum absolute atomic E-state index is 12.9. The van der Waals surface area contributed by atoms with E-state index in [4.69, 9.17) is 5.26 Å². The number of amides is 1. The zero-order valence-electron chi connectivity index (χ0n) is 13.3. The Kier molecular flexibility index (Phi) is 5.66. The zero-order valence-corrected chi connectivity index (χ0v) is 14.1. The fraction of sp³-hybridized carbons (Fsp3) is 0.0588. The van der Waals surface area contributed by atoms with Crippen LogP contribution in [0.3, 0.4) is 0 Å². The molecule has 27 heavy (non-hydrogen) atoms. The second-order valence-electron chi connectivity index (χ2n) is 5.17. The minimum Gasteiger partial charge on any atom is -0.269 e. The number of hydrogen-bond donors (Lipinski definition) is 1. The van der Waals surface area contributed by atoms with Crippen LogP contribution in [0.4, 0.5) is 17.6 Å². The van der Waals surface area contributed by atoms with Crippen molar-refractivity contribution in [1.29, 1.82) is 5.26 Å². The summed E-state index contributed by atoms with van der Waals surface area (Å²) < 4.78 is 77.4. The zero-order chi connectivity index (χ0) is 20.2. The second-order valence-corrected chi connectivity index (χ2v) is 6.85. The average molecular weight is 398 g/mol. The highest BCUT2D eigenvalue weighted by molar-refractivity contribution is 7.90. The monoisotopic (exact) mass is 398 g/mol. The lowest BCUT2D eigenvalue weighted by molar-refractivity contribution is -0.137. The van der Waals surface area contributed by atoms with Gasteiger partial charge < -0.3 is 0 Å². The van der Waals surface area contributed by atoms with Gasteiger partial charge in [0.05, 0.1) is 22.1 Å². The smallest absolute Gasteiger partial charge is 0.269 e. The molecule has 1 amide bonds. The lowest BCUT2D eigenvalue weighted by atomic mass is 10.1. The van der Waals surface area contributed by atoms with Gasteiger partial charge in [0, 0.05) is 6.08 Å². The highest BCUT2D eigenvalue weighted by Gasteiger charge is 2.35. The van der Waals surface area contributed by atoms with E-state index in [9.17, 15) is 30.8 Å². The molecule has 0 unspecified atom stereocenters. The average Bonchev–Trinajstić information content (AvgIpc) is 2.59. The fourth-order valence-electron chi connectivity index (χ4n) is 1.99. The van der Waals surface area contributed by atoms with Gasteiger partial charge in [0.1, 0.15) is 5.82 Å². The summed E-state index contributed by atoms with van der Waals surface area (Å²) in [7, 11) is -4.60. The van der Waals surface area contributed by atoms with Gasteiger partial charge in [-0.15, -0.1) is 0 Å². The van der Waals surface area contributed by atoms with E-state index in [-0.39, 0.29) is 6.07 Å². The molecule has 2 aromatic rings. The van der Waals surface area contributed by atoms with Crippen LogP contribution in [0.2, 0.25) is 0 Å². The molecular formula is C17H10F4N2O3S. The van der Waals surface area contributed by atoms with E-state index < -0.39 is 43.9 Å². The number of carbonyl (C=O) groups is 1. The molecule has 0 aliphatic rings. The van der Waals surface area contributed by atoms with Crippen LogP contribution in [0.5, 0.6) is 0 Å². The molecule has 0 aliphatic heterocycles. The Bertz CT molecular complexity index is 1040. The molecule has 0 radical (unpaired) electrons. The molecule has 10 heteroatoms. The van der Waals surface area contributed by atoms with Gasteiger partial charge in [0.15, 0.2) is 0 Å². The van der Waals surface area contributed by atoms with Gasteiger partial charge in [-0.3, -0.25) is 4.79 Å².